The molecule has 0 aliphatic heterocycles. The molecule has 0 atom stereocenters. The molecule has 1 aromatic carbocycles. The van der Waals surface area contributed by atoms with Crippen LogP contribution in [-0.4, -0.2) is 14.5 Å². The molecule has 0 amide bonds. The van der Waals surface area contributed by atoms with Gasteiger partial charge in [0.15, 0.2) is 0 Å². The molecule has 0 N–H and O–H groups in total. The summed E-state index contributed by atoms with van der Waals surface area (Å²) >= 11 is 3.39. The van der Waals surface area contributed by atoms with Gasteiger partial charge in [0, 0.05) is 29.8 Å². The summed E-state index contributed by atoms with van der Waals surface area (Å²) in [5.74, 6) is 0.539. The number of hydrogen-bond donors (Lipinski definition) is 0. The molecule has 114 valence electrons. The fourth-order valence-corrected chi connectivity index (χ4v) is 2.48. The van der Waals surface area contributed by atoms with Crippen molar-refractivity contribution in [1.29, 1.82) is 0 Å². The molecule has 3 rings (SSSR count). The van der Waals surface area contributed by atoms with E-state index >= 15 is 0 Å². The number of imidazole rings is 1. The lowest BCUT2D eigenvalue weighted by Crippen LogP contribution is -2.05. The summed E-state index contributed by atoms with van der Waals surface area (Å²) in [7, 11) is 1.84. The van der Waals surface area contributed by atoms with Crippen molar-refractivity contribution < 1.29 is 17.9 Å². The Morgan fingerprint density at radius 3 is 2.59 bits per heavy atom. The number of fused-ring (bicyclic) bond motifs is 1. The first-order chi connectivity index (χ1) is 10.3. The van der Waals surface area contributed by atoms with E-state index in [1.165, 1.54) is 6.07 Å². The molecular weight excluding hydrogens is 363 g/mol. The SMILES string of the molecule is Cn1cnc2c(Br)cc(Oc3ccc(C(F)(F)F)cn3)cc21. The second-order valence-electron chi connectivity index (χ2n) is 4.61. The van der Waals surface area contributed by atoms with E-state index in [0.29, 0.717) is 5.75 Å². The van der Waals surface area contributed by atoms with Crippen LogP contribution in [0.5, 0.6) is 11.6 Å². The van der Waals surface area contributed by atoms with Crippen LogP contribution in [0.2, 0.25) is 0 Å². The monoisotopic (exact) mass is 371 g/mol. The zero-order valence-corrected chi connectivity index (χ0v) is 12.8. The Labute approximate surface area is 131 Å². The van der Waals surface area contributed by atoms with Crippen molar-refractivity contribution in [2.75, 3.05) is 0 Å². The Balaban J connectivity index is 1.91. The van der Waals surface area contributed by atoms with Crippen LogP contribution in [0.25, 0.3) is 11.0 Å². The third-order valence-electron chi connectivity index (χ3n) is 3.04. The molecule has 0 bridgehead atoms. The van der Waals surface area contributed by atoms with Gasteiger partial charge in [0.05, 0.1) is 17.4 Å². The number of aryl methyl sites for hydroxylation is 1. The van der Waals surface area contributed by atoms with Crippen LogP contribution >= 0.6 is 15.9 Å². The van der Waals surface area contributed by atoms with E-state index in [2.05, 4.69) is 25.9 Å². The van der Waals surface area contributed by atoms with E-state index in [4.69, 9.17) is 4.74 Å². The van der Waals surface area contributed by atoms with Crippen LogP contribution in [0.15, 0.2) is 41.3 Å². The van der Waals surface area contributed by atoms with Crippen molar-refractivity contribution in [2.45, 2.75) is 6.18 Å². The van der Waals surface area contributed by atoms with Crippen LogP contribution in [0.3, 0.4) is 0 Å². The number of benzene rings is 1. The average molecular weight is 372 g/mol. The summed E-state index contributed by atoms with van der Waals surface area (Å²) in [6, 6.07) is 5.55. The predicted octanol–water partition coefficient (Wildman–Crippen LogP) is 4.54. The summed E-state index contributed by atoms with van der Waals surface area (Å²) in [4.78, 5) is 7.90. The summed E-state index contributed by atoms with van der Waals surface area (Å²) in [5.41, 5.74) is 0.787. The normalized spacial score (nSPS) is 11.9. The second-order valence-corrected chi connectivity index (χ2v) is 5.47. The van der Waals surface area contributed by atoms with Gasteiger partial charge in [0.25, 0.3) is 0 Å². The molecule has 0 fully saturated rings. The zero-order valence-electron chi connectivity index (χ0n) is 11.2. The largest absolute Gasteiger partial charge is 0.439 e. The molecule has 0 spiro atoms. The molecule has 3 aromatic rings. The Bertz CT molecular complexity index is 828. The summed E-state index contributed by atoms with van der Waals surface area (Å²) < 4.78 is 45.5. The smallest absolute Gasteiger partial charge is 0.417 e. The lowest BCUT2D eigenvalue weighted by molar-refractivity contribution is -0.137. The van der Waals surface area contributed by atoms with E-state index in [1.807, 2.05) is 11.6 Å². The predicted molar refractivity (Wildman–Crippen MR) is 77.7 cm³/mol. The van der Waals surface area contributed by atoms with Crippen molar-refractivity contribution in [1.82, 2.24) is 14.5 Å². The van der Waals surface area contributed by atoms with Crippen molar-refractivity contribution >= 4 is 27.0 Å². The van der Waals surface area contributed by atoms with Crippen LogP contribution in [0, 0.1) is 0 Å². The highest BCUT2D eigenvalue weighted by molar-refractivity contribution is 9.10. The van der Waals surface area contributed by atoms with E-state index in [0.717, 1.165) is 27.8 Å². The van der Waals surface area contributed by atoms with Gasteiger partial charge in [-0.1, -0.05) is 0 Å². The third-order valence-corrected chi connectivity index (χ3v) is 3.65. The molecule has 0 saturated carbocycles. The number of alkyl halides is 3. The molecule has 0 aliphatic carbocycles. The first-order valence-electron chi connectivity index (χ1n) is 6.16. The summed E-state index contributed by atoms with van der Waals surface area (Å²) in [6.07, 6.45) is -2.01. The molecule has 2 aromatic heterocycles. The van der Waals surface area contributed by atoms with Crippen molar-refractivity contribution in [3.8, 4) is 11.6 Å². The van der Waals surface area contributed by atoms with Gasteiger partial charge >= 0.3 is 6.18 Å². The van der Waals surface area contributed by atoms with Crippen LogP contribution in [0.1, 0.15) is 5.56 Å². The van der Waals surface area contributed by atoms with Gasteiger partial charge in [-0.25, -0.2) is 9.97 Å². The average Bonchev–Trinajstić information content (AvgIpc) is 2.81. The molecule has 0 aliphatic rings. The Kier molecular flexibility index (Phi) is 3.56. The maximum Gasteiger partial charge on any atom is 0.417 e. The van der Waals surface area contributed by atoms with E-state index in [9.17, 15) is 13.2 Å². The van der Waals surface area contributed by atoms with Gasteiger partial charge in [0.1, 0.15) is 11.3 Å². The topological polar surface area (TPSA) is 39.9 Å². The van der Waals surface area contributed by atoms with Crippen LogP contribution in [-0.2, 0) is 13.2 Å². The molecule has 0 radical (unpaired) electrons. The number of hydrogen-bond acceptors (Lipinski definition) is 3. The fraction of sp³-hybridized carbons (Fsp3) is 0.143. The molecule has 0 saturated heterocycles. The Hall–Kier alpha value is -2.09. The molecular formula is C14H9BrF3N3O. The minimum absolute atomic E-state index is 0.0846. The number of ether oxygens (including phenoxy) is 1. The van der Waals surface area contributed by atoms with Crippen molar-refractivity contribution in [3.05, 3.63) is 46.8 Å². The minimum atomic E-state index is -4.41. The summed E-state index contributed by atoms with van der Waals surface area (Å²) in [6.45, 7) is 0. The maximum atomic E-state index is 12.5. The molecule has 0 unspecified atom stereocenters. The van der Waals surface area contributed by atoms with Crippen molar-refractivity contribution in [3.63, 3.8) is 0 Å². The standard InChI is InChI=1S/C14H9BrF3N3O/c1-21-7-20-13-10(15)4-9(5-11(13)21)22-12-3-2-8(6-19-12)14(16,17)18/h2-7H,1H3. The number of rotatable bonds is 2. The van der Waals surface area contributed by atoms with E-state index in [-0.39, 0.29) is 5.88 Å². The highest BCUT2D eigenvalue weighted by Crippen LogP contribution is 2.32. The number of aromatic nitrogens is 3. The first kappa shape index (κ1) is 14.8. The van der Waals surface area contributed by atoms with Gasteiger partial charge in [-0.2, -0.15) is 13.2 Å². The maximum absolute atomic E-state index is 12.5. The Morgan fingerprint density at radius 2 is 1.95 bits per heavy atom. The lowest BCUT2D eigenvalue weighted by Gasteiger charge is -2.09. The van der Waals surface area contributed by atoms with Gasteiger partial charge < -0.3 is 9.30 Å². The molecule has 4 nitrogen and oxygen atoms in total. The van der Waals surface area contributed by atoms with Crippen molar-refractivity contribution in [2.24, 2.45) is 7.05 Å². The first-order valence-corrected chi connectivity index (χ1v) is 6.95. The minimum Gasteiger partial charge on any atom is -0.439 e. The highest BCUT2D eigenvalue weighted by Gasteiger charge is 2.30. The summed E-state index contributed by atoms with van der Waals surface area (Å²) in [5, 5.41) is 0. The van der Waals surface area contributed by atoms with Gasteiger partial charge in [0.2, 0.25) is 5.88 Å². The highest BCUT2D eigenvalue weighted by atomic mass is 79.9. The quantitative estimate of drug-likeness (QED) is 0.663. The van der Waals surface area contributed by atoms with Gasteiger partial charge in [-0.3, -0.25) is 0 Å². The Morgan fingerprint density at radius 1 is 1.18 bits per heavy atom. The van der Waals surface area contributed by atoms with E-state index < -0.39 is 11.7 Å². The second kappa shape index (κ2) is 5.28. The van der Waals surface area contributed by atoms with Gasteiger partial charge in [-0.05, 0) is 28.1 Å². The fourth-order valence-electron chi connectivity index (χ4n) is 1.95. The molecule has 2 heterocycles. The van der Waals surface area contributed by atoms with Crippen LogP contribution < -0.4 is 4.74 Å². The van der Waals surface area contributed by atoms with E-state index in [1.54, 1.807) is 18.5 Å². The number of halogens is 4. The number of nitrogens with zero attached hydrogens (tertiary/aromatic N) is 3. The van der Waals surface area contributed by atoms with Gasteiger partial charge in [-0.15, -0.1) is 0 Å². The lowest BCUT2D eigenvalue weighted by atomic mass is 10.3. The molecule has 22 heavy (non-hydrogen) atoms. The third kappa shape index (κ3) is 2.78. The molecule has 8 heteroatoms. The number of pyridine rings is 1. The zero-order chi connectivity index (χ0) is 15.9. The van der Waals surface area contributed by atoms with Crippen LogP contribution in [0.4, 0.5) is 13.2 Å².